The van der Waals surface area contributed by atoms with Crippen molar-refractivity contribution in [1.82, 2.24) is 0 Å². The van der Waals surface area contributed by atoms with Crippen LogP contribution in [0.3, 0.4) is 0 Å². The van der Waals surface area contributed by atoms with E-state index in [4.69, 9.17) is 14.2 Å². The summed E-state index contributed by atoms with van der Waals surface area (Å²) in [6, 6.07) is 10.2. The second-order valence-corrected chi connectivity index (χ2v) is 5.75. The third kappa shape index (κ3) is 3.91. The summed E-state index contributed by atoms with van der Waals surface area (Å²) in [5.74, 6) is -0.489. The highest BCUT2D eigenvalue weighted by atomic mass is 127. The van der Waals surface area contributed by atoms with Gasteiger partial charge < -0.3 is 14.2 Å². The minimum Gasteiger partial charge on any atom is -0.374 e. The van der Waals surface area contributed by atoms with E-state index in [0.29, 0.717) is 13.2 Å². The van der Waals surface area contributed by atoms with Crippen LogP contribution in [0.2, 0.25) is 0 Å². The average Bonchev–Trinajstić information content (AvgIpc) is 2.65. The zero-order valence-corrected chi connectivity index (χ0v) is 12.9. The number of ether oxygens (including phenoxy) is 3. The summed E-state index contributed by atoms with van der Waals surface area (Å²) in [7, 11) is 0. The predicted molar refractivity (Wildman–Crippen MR) is 78.8 cm³/mol. The lowest BCUT2D eigenvalue weighted by atomic mass is 10.2. The van der Waals surface area contributed by atoms with Gasteiger partial charge in [0.1, 0.15) is 6.10 Å². The third-order valence-corrected chi connectivity index (χ3v) is 3.70. The molecule has 1 heterocycles. The van der Waals surface area contributed by atoms with Gasteiger partial charge in [-0.15, -0.1) is 0 Å². The minimum absolute atomic E-state index is 0.0283. The number of rotatable bonds is 5. The maximum absolute atomic E-state index is 5.84. The number of halogens is 1. The lowest BCUT2D eigenvalue weighted by Crippen LogP contribution is -2.28. The maximum Gasteiger partial charge on any atom is 0.163 e. The van der Waals surface area contributed by atoms with Crippen LogP contribution >= 0.6 is 22.6 Å². The largest absolute Gasteiger partial charge is 0.374 e. The summed E-state index contributed by atoms with van der Waals surface area (Å²) in [6.07, 6.45) is 0.150. The molecule has 1 aliphatic rings. The molecule has 3 nitrogen and oxygen atoms in total. The van der Waals surface area contributed by atoms with Crippen LogP contribution in [0.4, 0.5) is 0 Å². The fourth-order valence-corrected chi connectivity index (χ4v) is 2.80. The highest BCUT2D eigenvalue weighted by Crippen LogP contribution is 2.29. The van der Waals surface area contributed by atoms with Gasteiger partial charge in [0, 0.05) is 4.43 Å². The third-order valence-electron chi connectivity index (χ3n) is 2.83. The van der Waals surface area contributed by atoms with Crippen molar-refractivity contribution in [2.45, 2.75) is 38.4 Å². The van der Waals surface area contributed by atoms with Crippen LogP contribution in [-0.2, 0) is 20.8 Å². The molecule has 100 valence electrons. The van der Waals surface area contributed by atoms with Crippen LogP contribution in [0.25, 0.3) is 0 Å². The van der Waals surface area contributed by atoms with E-state index in [1.807, 2.05) is 32.0 Å². The first-order valence-electron chi connectivity index (χ1n) is 6.14. The van der Waals surface area contributed by atoms with Gasteiger partial charge in [0.25, 0.3) is 0 Å². The summed E-state index contributed by atoms with van der Waals surface area (Å²) in [6.45, 7) is 5.09. The highest BCUT2D eigenvalue weighted by molar-refractivity contribution is 14.1. The van der Waals surface area contributed by atoms with Crippen molar-refractivity contribution < 1.29 is 14.2 Å². The monoisotopic (exact) mass is 362 g/mol. The van der Waals surface area contributed by atoms with Gasteiger partial charge in [-0.3, -0.25) is 0 Å². The van der Waals surface area contributed by atoms with Crippen molar-refractivity contribution in [3.63, 3.8) is 0 Å². The fourth-order valence-electron chi connectivity index (χ4n) is 2.05. The van der Waals surface area contributed by atoms with Gasteiger partial charge >= 0.3 is 0 Å². The van der Waals surface area contributed by atoms with Crippen molar-refractivity contribution >= 4 is 22.6 Å². The van der Waals surface area contributed by atoms with E-state index in [2.05, 4.69) is 34.7 Å². The standard InChI is InChI=1S/C14H19IO3/c1-14(2)17-12(8-15)13(18-14)10-16-9-11-6-4-3-5-7-11/h3-7,12-13H,8-10H2,1-2H3/t12-,13-/m1/s1. The molecule has 0 amide bonds. The Hall–Kier alpha value is -0.170. The van der Waals surface area contributed by atoms with Gasteiger partial charge in [-0.25, -0.2) is 0 Å². The second kappa shape index (κ2) is 6.32. The molecule has 4 heteroatoms. The first-order valence-corrected chi connectivity index (χ1v) is 7.66. The highest BCUT2D eigenvalue weighted by Gasteiger charge is 2.40. The Morgan fingerprint density at radius 1 is 1.17 bits per heavy atom. The van der Waals surface area contributed by atoms with Crippen molar-refractivity contribution in [2.24, 2.45) is 0 Å². The molecule has 1 aromatic carbocycles. The van der Waals surface area contributed by atoms with E-state index in [1.54, 1.807) is 0 Å². The van der Waals surface area contributed by atoms with Crippen LogP contribution in [0.5, 0.6) is 0 Å². The summed E-state index contributed by atoms with van der Waals surface area (Å²) in [5.41, 5.74) is 1.18. The first-order chi connectivity index (χ1) is 8.61. The number of alkyl halides is 1. The smallest absolute Gasteiger partial charge is 0.163 e. The van der Waals surface area contributed by atoms with Gasteiger partial charge in [0.2, 0.25) is 0 Å². The quantitative estimate of drug-likeness (QED) is 0.595. The lowest BCUT2D eigenvalue weighted by molar-refractivity contribution is -0.149. The van der Waals surface area contributed by atoms with Gasteiger partial charge in [-0.2, -0.15) is 0 Å². The maximum atomic E-state index is 5.84. The predicted octanol–water partition coefficient (Wildman–Crippen LogP) is 3.16. The molecule has 0 saturated carbocycles. The molecule has 0 aromatic heterocycles. The Bertz CT molecular complexity index is 367. The van der Waals surface area contributed by atoms with E-state index in [-0.39, 0.29) is 12.2 Å². The van der Waals surface area contributed by atoms with E-state index < -0.39 is 5.79 Å². The molecule has 18 heavy (non-hydrogen) atoms. The van der Waals surface area contributed by atoms with Crippen molar-refractivity contribution in [3.8, 4) is 0 Å². The molecular formula is C14H19IO3. The molecule has 0 unspecified atom stereocenters. The van der Waals surface area contributed by atoms with Gasteiger partial charge in [0.15, 0.2) is 5.79 Å². The Kier molecular flexibility index (Phi) is 5.00. The van der Waals surface area contributed by atoms with Crippen LogP contribution in [0.1, 0.15) is 19.4 Å². The van der Waals surface area contributed by atoms with Gasteiger partial charge in [0.05, 0.1) is 19.3 Å². The summed E-state index contributed by atoms with van der Waals surface area (Å²) in [5, 5.41) is 0. The van der Waals surface area contributed by atoms with E-state index in [1.165, 1.54) is 5.56 Å². The Labute approximate surface area is 122 Å². The Balaban J connectivity index is 1.80. The summed E-state index contributed by atoms with van der Waals surface area (Å²) >= 11 is 2.32. The normalized spacial score (nSPS) is 26.4. The Morgan fingerprint density at radius 2 is 1.83 bits per heavy atom. The van der Waals surface area contributed by atoms with E-state index >= 15 is 0 Å². The van der Waals surface area contributed by atoms with Crippen LogP contribution in [0, 0.1) is 0 Å². The summed E-state index contributed by atoms with van der Waals surface area (Å²) in [4.78, 5) is 0. The molecule has 0 radical (unpaired) electrons. The number of benzene rings is 1. The van der Waals surface area contributed by atoms with E-state index in [0.717, 1.165) is 4.43 Å². The zero-order chi connectivity index (χ0) is 13.0. The van der Waals surface area contributed by atoms with Gasteiger partial charge in [-0.05, 0) is 19.4 Å². The number of hydrogen-bond donors (Lipinski definition) is 0. The van der Waals surface area contributed by atoms with E-state index in [9.17, 15) is 0 Å². The number of hydrogen-bond acceptors (Lipinski definition) is 3. The van der Waals surface area contributed by atoms with Crippen LogP contribution in [0.15, 0.2) is 30.3 Å². The summed E-state index contributed by atoms with van der Waals surface area (Å²) < 4.78 is 18.3. The minimum atomic E-state index is -0.489. The average molecular weight is 362 g/mol. The van der Waals surface area contributed by atoms with Crippen molar-refractivity contribution in [3.05, 3.63) is 35.9 Å². The van der Waals surface area contributed by atoms with Crippen LogP contribution < -0.4 is 0 Å². The molecule has 2 atom stereocenters. The SMILES string of the molecule is CC1(C)O[C@H](CI)[C@@H](COCc2ccccc2)O1. The topological polar surface area (TPSA) is 27.7 Å². The molecule has 1 fully saturated rings. The van der Waals surface area contributed by atoms with Crippen molar-refractivity contribution in [2.75, 3.05) is 11.0 Å². The molecular weight excluding hydrogens is 343 g/mol. The van der Waals surface area contributed by atoms with Crippen molar-refractivity contribution in [1.29, 1.82) is 0 Å². The lowest BCUT2D eigenvalue weighted by Gasteiger charge is -2.16. The molecule has 0 aliphatic carbocycles. The molecule has 0 bridgehead atoms. The van der Waals surface area contributed by atoms with Gasteiger partial charge in [-0.1, -0.05) is 52.9 Å². The molecule has 1 aromatic rings. The molecule has 0 N–H and O–H groups in total. The fraction of sp³-hybridized carbons (Fsp3) is 0.571. The first kappa shape index (κ1) is 14.2. The zero-order valence-electron chi connectivity index (χ0n) is 10.8. The molecule has 1 aliphatic heterocycles. The van der Waals surface area contributed by atoms with Crippen LogP contribution in [-0.4, -0.2) is 29.0 Å². The second-order valence-electron chi connectivity index (χ2n) is 4.87. The molecule has 1 saturated heterocycles. The Morgan fingerprint density at radius 3 is 2.50 bits per heavy atom. The molecule has 2 rings (SSSR count). The molecule has 0 spiro atoms.